The van der Waals surface area contributed by atoms with Crippen LogP contribution in [0.4, 0.5) is 5.69 Å². The van der Waals surface area contributed by atoms with E-state index in [1.54, 1.807) is 42.8 Å². The van der Waals surface area contributed by atoms with Crippen LogP contribution < -0.4 is 10.9 Å². The summed E-state index contributed by atoms with van der Waals surface area (Å²) in [5.74, 6) is 0.101. The van der Waals surface area contributed by atoms with Gasteiger partial charge >= 0.3 is 0 Å². The van der Waals surface area contributed by atoms with E-state index in [2.05, 4.69) is 20.5 Å². The predicted molar refractivity (Wildman–Crippen MR) is 111 cm³/mol. The number of benzene rings is 1. The minimum Gasteiger partial charge on any atom is -0.324 e. The number of carbonyl (C=O) groups is 1. The smallest absolute Gasteiger partial charge is 0.267 e. The van der Waals surface area contributed by atoms with E-state index in [1.807, 2.05) is 36.6 Å². The van der Waals surface area contributed by atoms with Crippen LogP contribution in [0.5, 0.6) is 0 Å². The van der Waals surface area contributed by atoms with Gasteiger partial charge in [-0.2, -0.15) is 5.10 Å². The molecule has 0 spiro atoms. The Labute approximate surface area is 170 Å². The van der Waals surface area contributed by atoms with E-state index in [0.717, 1.165) is 20.9 Å². The average Bonchev–Trinajstić information content (AvgIpc) is 3.40. The summed E-state index contributed by atoms with van der Waals surface area (Å²) < 4.78 is 2.68. The van der Waals surface area contributed by atoms with Crippen molar-refractivity contribution in [2.24, 2.45) is 0 Å². The number of para-hydroxylation sites is 1. The largest absolute Gasteiger partial charge is 0.324 e. The molecular formula is C20H18N6O2S. The fourth-order valence-corrected chi connectivity index (χ4v) is 3.48. The highest BCUT2D eigenvalue weighted by Gasteiger charge is 2.20. The molecule has 1 N–H and O–H groups in total. The zero-order valence-corrected chi connectivity index (χ0v) is 16.6. The molecule has 1 unspecified atom stereocenters. The first-order chi connectivity index (χ1) is 14.0. The highest BCUT2D eigenvalue weighted by molar-refractivity contribution is 7.09. The summed E-state index contributed by atoms with van der Waals surface area (Å²) in [6.45, 7) is 3.56. The summed E-state index contributed by atoms with van der Waals surface area (Å²) in [7, 11) is 0. The lowest BCUT2D eigenvalue weighted by atomic mass is 10.1. The van der Waals surface area contributed by atoms with Gasteiger partial charge in [0.1, 0.15) is 6.04 Å². The van der Waals surface area contributed by atoms with Crippen LogP contribution in [-0.2, 0) is 4.79 Å². The number of thiazole rings is 1. The van der Waals surface area contributed by atoms with Gasteiger partial charge in [-0.05, 0) is 32.0 Å². The maximum Gasteiger partial charge on any atom is 0.267 e. The van der Waals surface area contributed by atoms with Gasteiger partial charge in [-0.25, -0.2) is 14.3 Å². The van der Waals surface area contributed by atoms with Crippen molar-refractivity contribution in [1.29, 1.82) is 0 Å². The number of anilines is 1. The summed E-state index contributed by atoms with van der Waals surface area (Å²) in [5.41, 5.74) is 1.88. The van der Waals surface area contributed by atoms with Crippen LogP contribution in [-0.4, -0.2) is 30.5 Å². The lowest BCUT2D eigenvalue weighted by Gasteiger charge is -2.16. The summed E-state index contributed by atoms with van der Waals surface area (Å²) in [6.07, 6.45) is 3.33. The monoisotopic (exact) mass is 406 g/mol. The number of rotatable bonds is 5. The molecule has 3 aromatic heterocycles. The third-order valence-electron chi connectivity index (χ3n) is 4.38. The molecular weight excluding hydrogens is 388 g/mol. The van der Waals surface area contributed by atoms with Crippen molar-refractivity contribution in [3.63, 3.8) is 0 Å². The number of amides is 1. The Morgan fingerprint density at radius 1 is 1.17 bits per heavy atom. The molecule has 0 saturated carbocycles. The van der Waals surface area contributed by atoms with Crippen LogP contribution in [0.2, 0.25) is 0 Å². The third-order valence-corrected chi connectivity index (χ3v) is 5.15. The SMILES string of the molecule is Cc1nc(-c2ccccc2NC(=O)C(C)n2nc(-n3cccn3)ccc2=O)cs1. The number of carbonyl (C=O) groups excluding carboxylic acids is 1. The van der Waals surface area contributed by atoms with Gasteiger partial charge in [0.05, 0.1) is 16.4 Å². The highest BCUT2D eigenvalue weighted by atomic mass is 32.1. The first-order valence-corrected chi connectivity index (χ1v) is 9.83. The molecule has 0 saturated heterocycles. The number of nitrogens with one attached hydrogen (secondary N) is 1. The van der Waals surface area contributed by atoms with Gasteiger partial charge in [0, 0.05) is 29.4 Å². The number of aromatic nitrogens is 5. The molecule has 8 nitrogen and oxygen atoms in total. The molecule has 3 heterocycles. The molecule has 4 aromatic rings. The molecule has 9 heteroatoms. The topological polar surface area (TPSA) is 94.7 Å². The van der Waals surface area contributed by atoms with E-state index in [0.29, 0.717) is 11.5 Å². The standard InChI is InChI=1S/C20H18N6O2S/c1-13(26-19(27)9-8-18(24-26)25-11-5-10-21-25)20(28)23-16-7-4-3-6-15(16)17-12-29-14(2)22-17/h3-13H,1-2H3,(H,23,28). The molecule has 0 bridgehead atoms. The number of nitrogens with zero attached hydrogens (tertiary/aromatic N) is 5. The van der Waals surface area contributed by atoms with Crippen molar-refractivity contribution >= 4 is 22.9 Å². The van der Waals surface area contributed by atoms with Crippen LogP contribution in [0.25, 0.3) is 17.1 Å². The molecule has 1 amide bonds. The average molecular weight is 406 g/mol. The molecule has 0 fully saturated rings. The minimum atomic E-state index is -0.816. The second kappa shape index (κ2) is 7.80. The summed E-state index contributed by atoms with van der Waals surface area (Å²) >= 11 is 1.54. The molecule has 0 radical (unpaired) electrons. The summed E-state index contributed by atoms with van der Waals surface area (Å²) in [4.78, 5) is 29.7. The van der Waals surface area contributed by atoms with Gasteiger partial charge in [0.2, 0.25) is 5.91 Å². The lowest BCUT2D eigenvalue weighted by molar-refractivity contribution is -0.119. The van der Waals surface area contributed by atoms with Gasteiger partial charge in [0.15, 0.2) is 5.82 Å². The van der Waals surface area contributed by atoms with Crippen molar-refractivity contribution in [3.05, 3.63) is 75.6 Å². The molecule has 146 valence electrons. The van der Waals surface area contributed by atoms with E-state index < -0.39 is 6.04 Å². The molecule has 0 aliphatic rings. The number of hydrogen-bond donors (Lipinski definition) is 1. The van der Waals surface area contributed by atoms with Crippen molar-refractivity contribution in [2.75, 3.05) is 5.32 Å². The normalized spacial score (nSPS) is 11.9. The second-order valence-electron chi connectivity index (χ2n) is 6.39. The maximum absolute atomic E-state index is 12.9. The fourth-order valence-electron chi connectivity index (χ4n) is 2.87. The van der Waals surface area contributed by atoms with Gasteiger partial charge in [-0.3, -0.25) is 9.59 Å². The minimum absolute atomic E-state index is 0.350. The van der Waals surface area contributed by atoms with Crippen LogP contribution in [0.3, 0.4) is 0 Å². The van der Waals surface area contributed by atoms with Crippen molar-refractivity contribution in [2.45, 2.75) is 19.9 Å². The van der Waals surface area contributed by atoms with E-state index in [-0.39, 0.29) is 11.5 Å². The van der Waals surface area contributed by atoms with Gasteiger partial charge in [-0.1, -0.05) is 18.2 Å². The Morgan fingerprint density at radius 3 is 2.72 bits per heavy atom. The zero-order valence-electron chi connectivity index (χ0n) is 15.8. The van der Waals surface area contributed by atoms with Crippen molar-refractivity contribution in [3.8, 4) is 17.1 Å². The van der Waals surface area contributed by atoms with Crippen molar-refractivity contribution < 1.29 is 4.79 Å². The van der Waals surface area contributed by atoms with E-state index in [9.17, 15) is 9.59 Å². The molecule has 4 rings (SSSR count). The first-order valence-electron chi connectivity index (χ1n) is 8.95. The van der Waals surface area contributed by atoms with Crippen LogP contribution >= 0.6 is 11.3 Å². The quantitative estimate of drug-likeness (QED) is 0.550. The zero-order chi connectivity index (χ0) is 20.4. The molecule has 29 heavy (non-hydrogen) atoms. The Balaban J connectivity index is 1.62. The molecule has 1 aromatic carbocycles. The van der Waals surface area contributed by atoms with Crippen LogP contribution in [0, 0.1) is 6.92 Å². The lowest BCUT2D eigenvalue weighted by Crippen LogP contribution is -2.33. The van der Waals surface area contributed by atoms with Crippen LogP contribution in [0.1, 0.15) is 18.0 Å². The van der Waals surface area contributed by atoms with E-state index in [1.165, 1.54) is 10.7 Å². The first kappa shape index (κ1) is 18.8. The van der Waals surface area contributed by atoms with Gasteiger partial charge in [0.25, 0.3) is 5.56 Å². The molecule has 0 aliphatic heterocycles. The Bertz CT molecular complexity index is 1210. The van der Waals surface area contributed by atoms with E-state index in [4.69, 9.17) is 0 Å². The third kappa shape index (κ3) is 3.85. The number of aryl methyl sites for hydroxylation is 1. The fraction of sp³-hybridized carbons (Fsp3) is 0.150. The van der Waals surface area contributed by atoms with E-state index >= 15 is 0 Å². The van der Waals surface area contributed by atoms with Crippen LogP contribution in [0.15, 0.2) is 65.0 Å². The number of hydrogen-bond acceptors (Lipinski definition) is 6. The summed E-state index contributed by atoms with van der Waals surface area (Å²) in [6, 6.07) is 11.3. The Morgan fingerprint density at radius 2 is 2.00 bits per heavy atom. The Kier molecular flexibility index (Phi) is 5.05. The molecule has 1 atom stereocenters. The highest BCUT2D eigenvalue weighted by Crippen LogP contribution is 2.29. The molecule has 0 aliphatic carbocycles. The van der Waals surface area contributed by atoms with Gasteiger partial charge < -0.3 is 5.32 Å². The van der Waals surface area contributed by atoms with Crippen molar-refractivity contribution in [1.82, 2.24) is 24.5 Å². The summed E-state index contributed by atoms with van der Waals surface area (Å²) in [5, 5.41) is 14.2. The Hall–Kier alpha value is -3.59. The van der Waals surface area contributed by atoms with Gasteiger partial charge in [-0.15, -0.1) is 16.4 Å². The predicted octanol–water partition coefficient (Wildman–Crippen LogP) is 3.06. The maximum atomic E-state index is 12.9. The second-order valence-corrected chi connectivity index (χ2v) is 7.45.